The van der Waals surface area contributed by atoms with Gasteiger partial charge in [0.25, 0.3) is 0 Å². The van der Waals surface area contributed by atoms with Gasteiger partial charge in [-0.25, -0.2) is 4.39 Å². The molecular weight excluding hydrogens is 195 g/mol. The van der Waals surface area contributed by atoms with Gasteiger partial charge < -0.3 is 4.74 Å². The number of carbonyl (C=O) groups is 1. The van der Waals surface area contributed by atoms with E-state index < -0.39 is 0 Å². The molecule has 0 radical (unpaired) electrons. The van der Waals surface area contributed by atoms with Crippen molar-refractivity contribution in [2.24, 2.45) is 5.92 Å². The number of hydrogen-bond donors (Lipinski definition) is 0. The molecule has 2 nitrogen and oxygen atoms in total. The fourth-order valence-corrected chi connectivity index (χ4v) is 1.34. The van der Waals surface area contributed by atoms with Crippen LogP contribution in [0.15, 0.2) is 24.3 Å². The normalized spacial score (nSPS) is 12.2. The lowest BCUT2D eigenvalue weighted by atomic mass is 10.0. The summed E-state index contributed by atoms with van der Waals surface area (Å²) in [5.41, 5.74) is 0.942. The lowest BCUT2D eigenvalue weighted by Crippen LogP contribution is -2.16. The SMILES string of the molecule is CCOC(=O)[C@H](C)Cc1ccc(F)cc1. The lowest BCUT2D eigenvalue weighted by Gasteiger charge is -2.10. The maximum absolute atomic E-state index is 12.6. The van der Waals surface area contributed by atoms with E-state index in [0.29, 0.717) is 13.0 Å². The van der Waals surface area contributed by atoms with Crippen molar-refractivity contribution in [3.05, 3.63) is 35.6 Å². The highest BCUT2D eigenvalue weighted by atomic mass is 19.1. The van der Waals surface area contributed by atoms with Crippen molar-refractivity contribution in [2.75, 3.05) is 6.61 Å². The summed E-state index contributed by atoms with van der Waals surface area (Å²) in [6.45, 7) is 3.98. The molecule has 0 unspecified atom stereocenters. The van der Waals surface area contributed by atoms with Gasteiger partial charge in [-0.1, -0.05) is 19.1 Å². The molecule has 0 spiro atoms. The number of rotatable bonds is 4. The fraction of sp³-hybridized carbons (Fsp3) is 0.417. The Morgan fingerprint density at radius 2 is 2.00 bits per heavy atom. The molecule has 15 heavy (non-hydrogen) atoms. The van der Waals surface area contributed by atoms with Crippen LogP contribution in [0.4, 0.5) is 4.39 Å². The smallest absolute Gasteiger partial charge is 0.308 e. The fourth-order valence-electron chi connectivity index (χ4n) is 1.34. The molecule has 1 rings (SSSR count). The summed E-state index contributed by atoms with van der Waals surface area (Å²) in [5.74, 6) is -0.653. The van der Waals surface area contributed by atoms with Crippen LogP contribution < -0.4 is 0 Å². The van der Waals surface area contributed by atoms with Gasteiger partial charge in [0.15, 0.2) is 0 Å². The molecule has 1 aromatic rings. The Balaban J connectivity index is 2.54. The van der Waals surface area contributed by atoms with Crippen LogP contribution in [-0.2, 0) is 16.0 Å². The summed E-state index contributed by atoms with van der Waals surface area (Å²) in [5, 5.41) is 0. The van der Waals surface area contributed by atoms with E-state index in [1.165, 1.54) is 12.1 Å². The maximum atomic E-state index is 12.6. The molecule has 82 valence electrons. The third-order valence-electron chi connectivity index (χ3n) is 2.14. The quantitative estimate of drug-likeness (QED) is 0.714. The van der Waals surface area contributed by atoms with Crippen LogP contribution in [0.3, 0.4) is 0 Å². The van der Waals surface area contributed by atoms with Crippen molar-refractivity contribution >= 4 is 5.97 Å². The summed E-state index contributed by atoms with van der Waals surface area (Å²) < 4.78 is 17.5. The zero-order valence-corrected chi connectivity index (χ0v) is 9.00. The minimum Gasteiger partial charge on any atom is -0.466 e. The highest BCUT2D eigenvalue weighted by molar-refractivity contribution is 5.72. The van der Waals surface area contributed by atoms with Gasteiger partial charge in [0.1, 0.15) is 5.82 Å². The van der Waals surface area contributed by atoms with Crippen molar-refractivity contribution in [2.45, 2.75) is 20.3 Å². The molecule has 0 amide bonds. The number of ether oxygens (including phenoxy) is 1. The minimum atomic E-state index is -0.262. The molecule has 0 aliphatic heterocycles. The van der Waals surface area contributed by atoms with Crippen LogP contribution in [0.5, 0.6) is 0 Å². The zero-order valence-electron chi connectivity index (χ0n) is 9.00. The molecule has 0 aromatic heterocycles. The molecule has 3 heteroatoms. The Kier molecular flexibility index (Phi) is 4.28. The molecule has 1 atom stereocenters. The molecule has 0 saturated carbocycles. The summed E-state index contributed by atoms with van der Waals surface area (Å²) in [6, 6.07) is 6.16. The van der Waals surface area contributed by atoms with Gasteiger partial charge in [0.05, 0.1) is 12.5 Å². The monoisotopic (exact) mass is 210 g/mol. The van der Waals surface area contributed by atoms with Crippen molar-refractivity contribution < 1.29 is 13.9 Å². The first kappa shape index (κ1) is 11.7. The molecule has 0 heterocycles. The predicted molar refractivity (Wildman–Crippen MR) is 55.9 cm³/mol. The number of hydrogen-bond acceptors (Lipinski definition) is 2. The Morgan fingerprint density at radius 3 is 2.53 bits per heavy atom. The second-order valence-corrected chi connectivity index (χ2v) is 3.48. The van der Waals surface area contributed by atoms with Gasteiger partial charge in [0, 0.05) is 0 Å². The van der Waals surface area contributed by atoms with Gasteiger partial charge in [-0.05, 0) is 31.0 Å². The van der Waals surface area contributed by atoms with Gasteiger partial charge in [-0.3, -0.25) is 4.79 Å². The van der Waals surface area contributed by atoms with Crippen molar-refractivity contribution in [3.8, 4) is 0 Å². The average Bonchev–Trinajstić information content (AvgIpc) is 2.22. The van der Waals surface area contributed by atoms with E-state index in [4.69, 9.17) is 4.74 Å². The number of carbonyl (C=O) groups excluding carboxylic acids is 1. The highest BCUT2D eigenvalue weighted by Crippen LogP contribution is 2.10. The van der Waals surface area contributed by atoms with E-state index in [0.717, 1.165) is 5.56 Å². The molecular formula is C12H15FO2. The van der Waals surface area contributed by atoms with Gasteiger partial charge in [0.2, 0.25) is 0 Å². The summed E-state index contributed by atoms with van der Waals surface area (Å²) in [6.07, 6.45) is 0.582. The van der Waals surface area contributed by atoms with Crippen LogP contribution in [0, 0.1) is 11.7 Å². The first-order valence-corrected chi connectivity index (χ1v) is 5.04. The molecule has 0 bridgehead atoms. The highest BCUT2D eigenvalue weighted by Gasteiger charge is 2.14. The Labute approximate surface area is 89.1 Å². The van der Waals surface area contributed by atoms with E-state index in [2.05, 4.69) is 0 Å². The number of benzene rings is 1. The predicted octanol–water partition coefficient (Wildman–Crippen LogP) is 2.57. The van der Waals surface area contributed by atoms with Gasteiger partial charge in [-0.2, -0.15) is 0 Å². The van der Waals surface area contributed by atoms with E-state index in [1.807, 2.05) is 0 Å². The summed E-state index contributed by atoms with van der Waals surface area (Å²) >= 11 is 0. The summed E-state index contributed by atoms with van der Waals surface area (Å²) in [7, 11) is 0. The molecule has 0 N–H and O–H groups in total. The van der Waals surface area contributed by atoms with Crippen LogP contribution in [-0.4, -0.2) is 12.6 Å². The van der Waals surface area contributed by atoms with Gasteiger partial charge in [-0.15, -0.1) is 0 Å². The van der Waals surface area contributed by atoms with Crippen molar-refractivity contribution in [3.63, 3.8) is 0 Å². The number of halogens is 1. The minimum absolute atomic E-state index is 0.185. The van der Waals surface area contributed by atoms with Crippen molar-refractivity contribution in [1.29, 1.82) is 0 Å². The third-order valence-corrected chi connectivity index (χ3v) is 2.14. The van der Waals surface area contributed by atoms with E-state index in [9.17, 15) is 9.18 Å². The van der Waals surface area contributed by atoms with Crippen LogP contribution in [0.2, 0.25) is 0 Å². The van der Waals surface area contributed by atoms with Gasteiger partial charge >= 0.3 is 5.97 Å². The van der Waals surface area contributed by atoms with Crippen LogP contribution >= 0.6 is 0 Å². The summed E-state index contributed by atoms with van der Waals surface area (Å²) in [4.78, 5) is 11.3. The molecule has 0 aliphatic carbocycles. The van der Waals surface area contributed by atoms with Crippen LogP contribution in [0.1, 0.15) is 19.4 Å². The van der Waals surface area contributed by atoms with Crippen molar-refractivity contribution in [1.82, 2.24) is 0 Å². The molecule has 1 aromatic carbocycles. The van der Waals surface area contributed by atoms with Crippen LogP contribution in [0.25, 0.3) is 0 Å². The lowest BCUT2D eigenvalue weighted by molar-refractivity contribution is -0.147. The zero-order chi connectivity index (χ0) is 11.3. The molecule has 0 fully saturated rings. The topological polar surface area (TPSA) is 26.3 Å². The maximum Gasteiger partial charge on any atom is 0.308 e. The van der Waals surface area contributed by atoms with E-state index >= 15 is 0 Å². The van der Waals surface area contributed by atoms with E-state index in [-0.39, 0.29) is 17.7 Å². The average molecular weight is 210 g/mol. The standard InChI is InChI=1S/C12H15FO2/c1-3-15-12(14)9(2)8-10-4-6-11(13)7-5-10/h4-7,9H,3,8H2,1-2H3/t9-/m1/s1. The second-order valence-electron chi connectivity index (χ2n) is 3.48. The first-order valence-electron chi connectivity index (χ1n) is 5.04. The third kappa shape index (κ3) is 3.70. The first-order chi connectivity index (χ1) is 7.13. The Hall–Kier alpha value is -1.38. The molecule has 0 saturated heterocycles. The largest absolute Gasteiger partial charge is 0.466 e. The number of esters is 1. The second kappa shape index (κ2) is 5.49. The van der Waals surface area contributed by atoms with E-state index in [1.54, 1.807) is 26.0 Å². The Bertz CT molecular complexity index is 319. The molecule has 0 aliphatic rings. The Morgan fingerprint density at radius 1 is 1.40 bits per heavy atom.